The number of halogens is 2. The highest BCUT2D eigenvalue weighted by molar-refractivity contribution is 9.10. The van der Waals surface area contributed by atoms with Gasteiger partial charge in [0.15, 0.2) is 0 Å². The molecule has 0 radical (unpaired) electrons. The van der Waals surface area contributed by atoms with E-state index in [-0.39, 0.29) is 17.0 Å². The zero-order valence-corrected chi connectivity index (χ0v) is 9.83. The van der Waals surface area contributed by atoms with Gasteiger partial charge in [0.05, 0.1) is 0 Å². The van der Waals surface area contributed by atoms with Gasteiger partial charge in [-0.1, -0.05) is 28.1 Å². The molecule has 56 valence electrons. The normalized spacial score (nSPS) is 8.60. The lowest BCUT2D eigenvalue weighted by Gasteiger charge is -1.93. The van der Waals surface area contributed by atoms with Crippen LogP contribution >= 0.6 is 42.2 Å². The molecule has 0 amide bonds. The van der Waals surface area contributed by atoms with Gasteiger partial charge in [-0.05, 0) is 23.9 Å². The summed E-state index contributed by atoms with van der Waals surface area (Å²) in [7, 11) is 2.69. The average molecular weight is 284 g/mol. The average Bonchev–Trinajstić information content (AvgIpc) is 1.90. The molecule has 0 aliphatic rings. The monoisotopic (exact) mass is 282 g/mol. The van der Waals surface area contributed by atoms with Gasteiger partial charge in [-0.25, -0.2) is 0 Å². The van der Waals surface area contributed by atoms with E-state index in [9.17, 15) is 0 Å². The first-order chi connectivity index (χ1) is 4.33. The number of rotatable bonds is 1. The molecule has 0 N–H and O–H groups in total. The predicted octanol–water partition coefficient (Wildman–Crippen LogP) is 3.40. The standard InChI is InChI=1S/C7H8BrP.BrH/c8-7-3-1-6(5-9)2-4-7;/h1-4H,5,9H2;1H. The van der Waals surface area contributed by atoms with E-state index in [1.165, 1.54) is 5.56 Å². The van der Waals surface area contributed by atoms with Crippen LogP contribution in [0.4, 0.5) is 0 Å². The number of hydrogen-bond donors (Lipinski definition) is 0. The van der Waals surface area contributed by atoms with Crippen LogP contribution in [-0.2, 0) is 6.16 Å². The molecule has 0 saturated carbocycles. The predicted molar refractivity (Wildman–Crippen MR) is 57.9 cm³/mol. The van der Waals surface area contributed by atoms with Gasteiger partial charge in [-0.3, -0.25) is 0 Å². The second-order valence-corrected chi connectivity index (χ2v) is 3.15. The summed E-state index contributed by atoms with van der Waals surface area (Å²) in [5, 5.41) is 0. The highest BCUT2D eigenvalue weighted by Crippen LogP contribution is 2.12. The molecule has 0 heterocycles. The molecule has 0 nitrogen and oxygen atoms in total. The maximum absolute atomic E-state index is 3.37. The van der Waals surface area contributed by atoms with Crippen molar-refractivity contribution in [2.45, 2.75) is 6.16 Å². The first-order valence-corrected chi connectivity index (χ1v) is 4.38. The molecular weight excluding hydrogens is 275 g/mol. The summed E-state index contributed by atoms with van der Waals surface area (Å²) in [5.41, 5.74) is 1.35. The van der Waals surface area contributed by atoms with Crippen LogP contribution in [0.15, 0.2) is 28.7 Å². The summed E-state index contributed by atoms with van der Waals surface area (Å²) in [6.45, 7) is 0. The summed E-state index contributed by atoms with van der Waals surface area (Å²) >= 11 is 3.37. The maximum atomic E-state index is 3.37. The van der Waals surface area contributed by atoms with E-state index in [0.29, 0.717) is 0 Å². The topological polar surface area (TPSA) is 0 Å². The van der Waals surface area contributed by atoms with E-state index >= 15 is 0 Å². The lowest BCUT2D eigenvalue weighted by atomic mass is 10.2. The van der Waals surface area contributed by atoms with E-state index in [1.807, 2.05) is 0 Å². The second kappa shape index (κ2) is 5.29. The molecule has 0 aliphatic carbocycles. The highest BCUT2D eigenvalue weighted by atomic mass is 79.9. The van der Waals surface area contributed by atoms with E-state index in [1.54, 1.807) is 0 Å². The molecule has 0 saturated heterocycles. The van der Waals surface area contributed by atoms with Gasteiger partial charge >= 0.3 is 0 Å². The molecule has 10 heavy (non-hydrogen) atoms. The van der Waals surface area contributed by atoms with Crippen LogP contribution in [0.1, 0.15) is 5.56 Å². The number of benzene rings is 1. The Bertz CT molecular complexity index is 183. The third-order valence-corrected chi connectivity index (χ3v) is 2.15. The molecule has 3 heteroatoms. The summed E-state index contributed by atoms with van der Waals surface area (Å²) < 4.78 is 1.14. The van der Waals surface area contributed by atoms with Gasteiger partial charge in [0.1, 0.15) is 0 Å². The van der Waals surface area contributed by atoms with Crippen molar-refractivity contribution in [3.63, 3.8) is 0 Å². The van der Waals surface area contributed by atoms with Crippen LogP contribution in [0.5, 0.6) is 0 Å². The first kappa shape index (κ1) is 10.6. The Kier molecular flexibility index (Phi) is 5.61. The third-order valence-electron chi connectivity index (χ3n) is 1.15. The molecule has 1 atom stereocenters. The van der Waals surface area contributed by atoms with Crippen LogP contribution < -0.4 is 0 Å². The molecule has 0 bridgehead atoms. The van der Waals surface area contributed by atoms with Gasteiger partial charge in [-0.2, -0.15) is 0 Å². The van der Waals surface area contributed by atoms with Crippen molar-refractivity contribution < 1.29 is 0 Å². The van der Waals surface area contributed by atoms with Crippen molar-refractivity contribution in [1.29, 1.82) is 0 Å². The van der Waals surface area contributed by atoms with Crippen molar-refractivity contribution in [2.75, 3.05) is 0 Å². The fourth-order valence-corrected chi connectivity index (χ4v) is 1.16. The molecule has 0 fully saturated rings. The van der Waals surface area contributed by atoms with Crippen LogP contribution in [0.3, 0.4) is 0 Å². The highest BCUT2D eigenvalue weighted by Gasteiger charge is 1.86. The van der Waals surface area contributed by atoms with E-state index in [4.69, 9.17) is 0 Å². The second-order valence-electron chi connectivity index (χ2n) is 1.83. The van der Waals surface area contributed by atoms with Crippen LogP contribution in [0.2, 0.25) is 0 Å². The maximum Gasteiger partial charge on any atom is 0.0175 e. The smallest absolute Gasteiger partial charge is 0.0175 e. The Hall–Kier alpha value is 0.610. The van der Waals surface area contributed by atoms with Gasteiger partial charge in [0.25, 0.3) is 0 Å². The Balaban J connectivity index is 0.000000810. The van der Waals surface area contributed by atoms with Crippen LogP contribution in [0, 0.1) is 0 Å². The fraction of sp³-hybridized carbons (Fsp3) is 0.143. The van der Waals surface area contributed by atoms with Crippen molar-refractivity contribution in [2.24, 2.45) is 0 Å². The molecule has 0 aromatic heterocycles. The Morgan fingerprint density at radius 3 is 2.10 bits per heavy atom. The largest absolute Gasteiger partial charge is 0.133 e. The zero-order valence-electron chi connectivity index (χ0n) is 5.38. The molecule has 1 aromatic carbocycles. The van der Waals surface area contributed by atoms with Crippen molar-refractivity contribution in [3.05, 3.63) is 34.3 Å². The van der Waals surface area contributed by atoms with Gasteiger partial charge in [-0.15, -0.1) is 26.2 Å². The zero-order chi connectivity index (χ0) is 6.69. The lowest BCUT2D eigenvalue weighted by Crippen LogP contribution is -1.73. The van der Waals surface area contributed by atoms with Gasteiger partial charge < -0.3 is 0 Å². The number of hydrogen-bond acceptors (Lipinski definition) is 0. The van der Waals surface area contributed by atoms with Crippen LogP contribution in [-0.4, -0.2) is 0 Å². The van der Waals surface area contributed by atoms with Crippen LogP contribution in [0.25, 0.3) is 0 Å². The quantitative estimate of drug-likeness (QED) is 0.693. The Labute approximate surface area is 82.5 Å². The van der Waals surface area contributed by atoms with E-state index in [2.05, 4.69) is 49.4 Å². The third kappa shape index (κ3) is 3.14. The first-order valence-electron chi connectivity index (χ1n) is 2.77. The minimum Gasteiger partial charge on any atom is -0.133 e. The fourth-order valence-electron chi connectivity index (χ4n) is 0.620. The van der Waals surface area contributed by atoms with E-state index in [0.717, 1.165) is 10.6 Å². The Morgan fingerprint density at radius 1 is 1.20 bits per heavy atom. The molecule has 1 aromatic rings. The molecule has 0 aliphatic heterocycles. The molecule has 0 spiro atoms. The van der Waals surface area contributed by atoms with E-state index < -0.39 is 0 Å². The SMILES string of the molecule is Br.PCc1ccc(Br)cc1. The Morgan fingerprint density at radius 2 is 1.70 bits per heavy atom. The van der Waals surface area contributed by atoms with Gasteiger partial charge in [0, 0.05) is 4.47 Å². The van der Waals surface area contributed by atoms with Crippen molar-refractivity contribution in [3.8, 4) is 0 Å². The molecule has 1 rings (SSSR count). The molecular formula is C7H9Br2P. The summed E-state index contributed by atoms with van der Waals surface area (Å²) in [4.78, 5) is 0. The summed E-state index contributed by atoms with van der Waals surface area (Å²) in [6.07, 6.45) is 1.04. The lowest BCUT2D eigenvalue weighted by molar-refractivity contribution is 1.41. The summed E-state index contributed by atoms with van der Waals surface area (Å²) in [6, 6.07) is 8.33. The minimum atomic E-state index is 0. The molecule has 1 unspecified atom stereocenters. The minimum absolute atomic E-state index is 0. The van der Waals surface area contributed by atoms with Gasteiger partial charge in [0.2, 0.25) is 0 Å². The van der Waals surface area contributed by atoms with Crippen molar-refractivity contribution >= 4 is 42.2 Å². The van der Waals surface area contributed by atoms with Crippen molar-refractivity contribution in [1.82, 2.24) is 0 Å². The summed E-state index contributed by atoms with van der Waals surface area (Å²) in [5.74, 6) is 0.